The third-order valence-corrected chi connectivity index (χ3v) is 9.85. The van der Waals surface area contributed by atoms with Crippen molar-refractivity contribution in [3.63, 3.8) is 0 Å². The summed E-state index contributed by atoms with van der Waals surface area (Å²) in [7, 11) is 0. The van der Waals surface area contributed by atoms with E-state index in [-0.39, 0.29) is 86.9 Å². The number of hydrogen-bond donors (Lipinski definition) is 0. The zero-order chi connectivity index (χ0) is 48.9. The van der Waals surface area contributed by atoms with Crippen molar-refractivity contribution in [3.8, 4) is 33.4 Å². The molecule has 0 saturated heterocycles. The molecule has 0 aliphatic rings. The van der Waals surface area contributed by atoms with E-state index in [1.54, 1.807) is 24.3 Å². The molecule has 12 rings (SSSR count). The highest BCUT2D eigenvalue weighted by atomic mass is 16.3. The van der Waals surface area contributed by atoms with E-state index in [0.717, 1.165) is 10.8 Å². The summed E-state index contributed by atoms with van der Waals surface area (Å²) >= 11 is 0. The van der Waals surface area contributed by atoms with Crippen molar-refractivity contribution >= 4 is 86.6 Å². The lowest BCUT2D eigenvalue weighted by atomic mass is 9.86. The van der Waals surface area contributed by atoms with Crippen LogP contribution in [-0.2, 0) is 0 Å². The maximum atomic E-state index is 9.64. The highest BCUT2D eigenvalue weighted by Gasteiger charge is 2.17. The smallest absolute Gasteiger partial charge is 0.135 e. The van der Waals surface area contributed by atoms with Gasteiger partial charge in [0.25, 0.3) is 0 Å². The molecule has 0 spiro atoms. The van der Waals surface area contributed by atoms with E-state index in [1.807, 2.05) is 30.3 Å². The summed E-state index contributed by atoms with van der Waals surface area (Å²) in [6.45, 7) is 0. The predicted molar refractivity (Wildman–Crippen MR) is 217 cm³/mol. The predicted octanol–water partition coefficient (Wildman–Crippen LogP) is 14.4. The Bertz CT molecular complexity index is 4130. The molecular formula is C50H28O. The highest BCUT2D eigenvalue weighted by Crippen LogP contribution is 2.44. The molecule has 12 aromatic rings. The molecule has 0 atom stereocenters. The molecule has 1 nitrogen and oxygen atoms in total. The second-order valence-electron chi connectivity index (χ2n) is 12.6. The molecule has 0 aliphatic carbocycles. The summed E-state index contributed by atoms with van der Waals surface area (Å²) in [5, 5.41) is -0.192. The second-order valence-corrected chi connectivity index (χ2v) is 12.6. The van der Waals surface area contributed by atoms with Crippen LogP contribution in [0.2, 0.25) is 0 Å². The van der Waals surface area contributed by atoms with E-state index in [9.17, 15) is 11.0 Å². The van der Waals surface area contributed by atoms with Gasteiger partial charge in [-0.1, -0.05) is 133 Å². The third-order valence-electron chi connectivity index (χ3n) is 9.85. The van der Waals surface area contributed by atoms with Crippen LogP contribution in [0.3, 0.4) is 0 Å². The van der Waals surface area contributed by atoms with Gasteiger partial charge in [-0.2, -0.15) is 0 Å². The molecule has 0 fully saturated rings. The first-order valence-electron chi connectivity index (χ1n) is 25.2. The van der Waals surface area contributed by atoms with Crippen LogP contribution in [0.5, 0.6) is 0 Å². The SMILES string of the molecule is [2H]c1c([2H])c2c([2H])c([2H])c3c([2H])c([2H])c(-c4cc(-c5ccc6oc7ccccc7c6c5)cc(-c5c([2H])c([2H])c6c([2H])c([2H])c7c([2H])c([2H])c([2H])c8c([2H])c([2H])c5c6c78)c4)c4c([2H])c([2H])c(c1[2H])c2c34. The number of hydrogen-bond acceptors (Lipinski definition) is 1. The van der Waals surface area contributed by atoms with Crippen LogP contribution in [0.15, 0.2) is 174 Å². The average Bonchev–Trinajstić information content (AvgIpc) is 3.71. The van der Waals surface area contributed by atoms with Gasteiger partial charge in [0.2, 0.25) is 0 Å². The third kappa shape index (κ3) is 3.81. The Morgan fingerprint density at radius 3 is 1.39 bits per heavy atom. The van der Waals surface area contributed by atoms with Crippen molar-refractivity contribution in [2.75, 3.05) is 0 Å². The van der Waals surface area contributed by atoms with Crippen molar-refractivity contribution in [2.24, 2.45) is 0 Å². The number of fused-ring (bicyclic) bond motifs is 3. The fraction of sp³-hybridized carbons (Fsp3) is 0. The van der Waals surface area contributed by atoms with E-state index in [2.05, 4.69) is 0 Å². The standard InChI is InChI=1S/C50H28O/c1-2-10-45-41(9-1)44-28-35(19-24-46(44)51-45)36-25-37(39-20-15-33-13-11-29-5-3-7-31-17-22-42(39)49(33)47(29)31)27-38(26-36)40-21-16-34-14-12-30-6-4-8-32-18-23-43(40)50(34)48(30)32/h1-28H/i3D,4D,5D,6D,7D,8D,11D,12D,13D,14D,15D,16D,17D,18D,20D,21D,22D,23D. The van der Waals surface area contributed by atoms with E-state index in [1.165, 1.54) is 6.07 Å². The quantitative estimate of drug-likeness (QED) is 0.172. The Labute approximate surface area is 318 Å². The Morgan fingerprint density at radius 2 is 0.804 bits per heavy atom. The van der Waals surface area contributed by atoms with Crippen LogP contribution in [0, 0.1) is 0 Å². The maximum absolute atomic E-state index is 9.64. The topological polar surface area (TPSA) is 13.1 Å². The lowest BCUT2D eigenvalue weighted by molar-refractivity contribution is 0.669. The average molecular weight is 663 g/mol. The highest BCUT2D eigenvalue weighted by molar-refractivity contribution is 6.27. The van der Waals surface area contributed by atoms with Crippen molar-refractivity contribution in [3.05, 3.63) is 169 Å². The first-order valence-corrected chi connectivity index (χ1v) is 16.2. The van der Waals surface area contributed by atoms with Crippen molar-refractivity contribution in [1.29, 1.82) is 0 Å². The zero-order valence-electron chi connectivity index (χ0n) is 44.2. The molecule has 1 aromatic heterocycles. The van der Waals surface area contributed by atoms with E-state index in [0.29, 0.717) is 22.3 Å². The molecule has 51 heavy (non-hydrogen) atoms. The zero-order valence-corrected chi connectivity index (χ0v) is 26.2. The summed E-state index contributed by atoms with van der Waals surface area (Å²) in [5.41, 5.74) is 2.17. The first kappa shape index (κ1) is 15.5. The first-order chi connectivity index (χ1) is 32.8. The minimum Gasteiger partial charge on any atom is -0.456 e. The van der Waals surface area contributed by atoms with Gasteiger partial charge in [-0.15, -0.1) is 0 Å². The van der Waals surface area contributed by atoms with Crippen molar-refractivity contribution in [1.82, 2.24) is 0 Å². The molecular weight excluding hydrogens is 617 g/mol. The summed E-state index contributed by atoms with van der Waals surface area (Å²) in [4.78, 5) is 0. The second kappa shape index (κ2) is 9.94. The Kier molecular flexibility index (Phi) is 3.01. The van der Waals surface area contributed by atoms with Crippen LogP contribution >= 0.6 is 0 Å². The Balaban J connectivity index is 1.29. The molecule has 0 unspecified atom stereocenters. The molecule has 0 radical (unpaired) electrons. The van der Waals surface area contributed by atoms with Crippen LogP contribution in [0.1, 0.15) is 24.7 Å². The van der Waals surface area contributed by atoms with Gasteiger partial charge < -0.3 is 4.42 Å². The van der Waals surface area contributed by atoms with Crippen molar-refractivity contribution < 1.29 is 29.1 Å². The van der Waals surface area contributed by atoms with E-state index in [4.69, 9.17) is 18.1 Å². The number of rotatable bonds is 3. The molecule has 234 valence electrons. The minimum absolute atomic E-state index is 0.0248. The van der Waals surface area contributed by atoms with Crippen molar-refractivity contribution in [2.45, 2.75) is 0 Å². The molecule has 1 heterocycles. The van der Waals surface area contributed by atoms with Crippen LogP contribution in [-0.4, -0.2) is 0 Å². The number of benzene rings is 11. The monoisotopic (exact) mass is 662 g/mol. The van der Waals surface area contributed by atoms with Gasteiger partial charge in [0.05, 0.1) is 24.7 Å². The van der Waals surface area contributed by atoms with Crippen LogP contribution in [0.4, 0.5) is 0 Å². The minimum atomic E-state index is -0.610. The largest absolute Gasteiger partial charge is 0.456 e. The van der Waals surface area contributed by atoms with E-state index >= 15 is 0 Å². The number of furan rings is 1. The molecule has 11 aromatic carbocycles. The normalized spacial score (nSPS) is 17.3. The van der Waals surface area contributed by atoms with Gasteiger partial charge >= 0.3 is 0 Å². The lowest BCUT2D eigenvalue weighted by Crippen LogP contribution is -1.91. The summed E-state index contributed by atoms with van der Waals surface area (Å²) in [6.07, 6.45) is 0. The number of para-hydroxylation sites is 1. The summed E-state index contributed by atoms with van der Waals surface area (Å²) < 4.78 is 170. The summed E-state index contributed by atoms with van der Waals surface area (Å²) in [6, 6.07) is 7.79. The van der Waals surface area contributed by atoms with Gasteiger partial charge in [0.1, 0.15) is 11.2 Å². The van der Waals surface area contributed by atoms with Gasteiger partial charge in [-0.05, 0) is 134 Å². The van der Waals surface area contributed by atoms with Gasteiger partial charge in [0, 0.05) is 10.8 Å². The van der Waals surface area contributed by atoms with Gasteiger partial charge in [0.15, 0.2) is 0 Å². The van der Waals surface area contributed by atoms with Gasteiger partial charge in [-0.25, -0.2) is 0 Å². The molecule has 0 bridgehead atoms. The van der Waals surface area contributed by atoms with E-state index < -0.39 is 109 Å². The van der Waals surface area contributed by atoms with Gasteiger partial charge in [-0.3, -0.25) is 0 Å². The maximum Gasteiger partial charge on any atom is 0.135 e. The summed E-state index contributed by atoms with van der Waals surface area (Å²) in [5.74, 6) is 0. The molecule has 0 N–H and O–H groups in total. The van der Waals surface area contributed by atoms with Crippen LogP contribution < -0.4 is 0 Å². The molecule has 1 heteroatoms. The molecule has 0 aliphatic heterocycles. The van der Waals surface area contributed by atoms with Crippen LogP contribution in [0.25, 0.3) is 120 Å². The Morgan fingerprint density at radius 1 is 0.333 bits per heavy atom. The fourth-order valence-electron chi connectivity index (χ4n) is 7.55. The molecule has 0 amide bonds. The lowest BCUT2D eigenvalue weighted by Gasteiger charge is -2.18. The Hall–Kier alpha value is -6.70. The molecule has 0 saturated carbocycles. The fourth-order valence-corrected chi connectivity index (χ4v) is 7.55.